The quantitative estimate of drug-likeness (QED) is 0.877. The van der Waals surface area contributed by atoms with Gasteiger partial charge in [0, 0.05) is 18.4 Å². The fourth-order valence-electron chi connectivity index (χ4n) is 1.78. The first-order valence-corrected chi connectivity index (χ1v) is 8.89. The van der Waals surface area contributed by atoms with Gasteiger partial charge in [0.05, 0.1) is 0 Å². The van der Waals surface area contributed by atoms with Crippen LogP contribution >= 0.6 is 0 Å². The minimum Gasteiger partial charge on any atom is -0.367 e. The number of hydrogen-bond donors (Lipinski definition) is 1. The van der Waals surface area contributed by atoms with Crippen LogP contribution < -0.4 is 5.32 Å². The number of nitrogens with one attached hydrogen (secondary N) is 1. The molecule has 0 aliphatic carbocycles. The summed E-state index contributed by atoms with van der Waals surface area (Å²) in [5.41, 5.74) is -1.08. The zero-order valence-corrected chi connectivity index (χ0v) is 14.0. The number of nitrogens with zero attached hydrogens (tertiary/aromatic N) is 4. The third kappa shape index (κ3) is 4.02. The number of rotatable bonds is 5. The molecule has 0 spiro atoms. The van der Waals surface area contributed by atoms with Crippen LogP contribution in [-0.2, 0) is 16.0 Å². The lowest BCUT2D eigenvalue weighted by Gasteiger charge is -2.13. The molecular formula is C13H16F3N5O2S. The largest absolute Gasteiger partial charge is 0.435 e. The first-order valence-electron chi connectivity index (χ1n) is 7.00. The van der Waals surface area contributed by atoms with Crippen LogP contribution in [0.1, 0.15) is 26.0 Å². The van der Waals surface area contributed by atoms with Crippen molar-refractivity contribution in [2.45, 2.75) is 37.5 Å². The molecule has 1 atom stereocenters. The molecule has 24 heavy (non-hydrogen) atoms. The van der Waals surface area contributed by atoms with Crippen molar-refractivity contribution in [1.82, 2.24) is 20.0 Å². The van der Waals surface area contributed by atoms with Gasteiger partial charge < -0.3 is 5.32 Å². The van der Waals surface area contributed by atoms with E-state index in [1.165, 1.54) is 12.1 Å². The monoisotopic (exact) mass is 363 g/mol. The molecule has 0 aliphatic heterocycles. The zero-order valence-electron chi connectivity index (χ0n) is 13.2. The van der Waals surface area contributed by atoms with Crippen LogP contribution in [0, 0.1) is 0 Å². The van der Waals surface area contributed by atoms with Crippen molar-refractivity contribution in [1.29, 1.82) is 0 Å². The predicted octanol–water partition coefficient (Wildman–Crippen LogP) is 2.29. The van der Waals surface area contributed by atoms with E-state index in [-0.39, 0.29) is 22.7 Å². The lowest BCUT2D eigenvalue weighted by atomic mass is 10.2. The second-order valence-corrected chi connectivity index (χ2v) is 7.24. The summed E-state index contributed by atoms with van der Waals surface area (Å²) in [6.45, 7) is 3.69. The summed E-state index contributed by atoms with van der Waals surface area (Å²) < 4.78 is 62.5. The van der Waals surface area contributed by atoms with Crippen LogP contribution in [0.3, 0.4) is 0 Å². The molecule has 2 aromatic rings. The van der Waals surface area contributed by atoms with Crippen molar-refractivity contribution < 1.29 is 21.6 Å². The van der Waals surface area contributed by atoms with Crippen molar-refractivity contribution in [3.05, 3.63) is 23.9 Å². The van der Waals surface area contributed by atoms with Crippen LogP contribution in [-0.4, -0.2) is 40.7 Å². The zero-order chi connectivity index (χ0) is 18.1. The van der Waals surface area contributed by atoms with Gasteiger partial charge in [-0.1, -0.05) is 6.92 Å². The van der Waals surface area contributed by atoms with Crippen LogP contribution in [0.4, 0.5) is 19.0 Å². The normalized spacial score (nSPS) is 13.8. The third-order valence-electron chi connectivity index (χ3n) is 3.23. The van der Waals surface area contributed by atoms with Gasteiger partial charge in [0.15, 0.2) is 26.4 Å². The molecule has 7 nitrogen and oxygen atoms in total. The van der Waals surface area contributed by atoms with E-state index in [1.54, 1.807) is 0 Å². The molecule has 0 aromatic carbocycles. The molecule has 0 saturated carbocycles. The number of alkyl halides is 3. The molecular weight excluding hydrogens is 347 g/mol. The Balaban J connectivity index is 2.49. The summed E-state index contributed by atoms with van der Waals surface area (Å²) >= 11 is 0. The number of aromatic nitrogens is 4. The summed E-state index contributed by atoms with van der Waals surface area (Å²) in [6.07, 6.45) is -2.97. The second kappa shape index (κ2) is 6.38. The molecule has 0 saturated heterocycles. The van der Waals surface area contributed by atoms with Crippen molar-refractivity contribution in [2.24, 2.45) is 0 Å². The van der Waals surface area contributed by atoms with Gasteiger partial charge in [0.2, 0.25) is 0 Å². The Hall–Kier alpha value is -2.17. The second-order valence-electron chi connectivity index (χ2n) is 5.28. The Bertz CT molecular complexity index is 815. The van der Waals surface area contributed by atoms with E-state index in [2.05, 4.69) is 20.6 Å². The van der Waals surface area contributed by atoms with Crippen molar-refractivity contribution in [3.8, 4) is 5.82 Å². The number of hydrogen-bond acceptors (Lipinski definition) is 6. The van der Waals surface area contributed by atoms with Crippen molar-refractivity contribution in [3.63, 3.8) is 0 Å². The average molecular weight is 363 g/mol. The van der Waals surface area contributed by atoms with Gasteiger partial charge in [-0.15, -0.1) is 10.2 Å². The standard InChI is InChI=1S/C13H16F3N5O2S/c1-4-8(2)17-11-7-9(13(14,15)16)20-21(11)10-5-6-12(19-18-10)24(3,22)23/h5-8,17H,4H2,1-3H3. The maximum Gasteiger partial charge on any atom is 0.435 e. The molecule has 2 heterocycles. The van der Waals surface area contributed by atoms with Crippen LogP contribution in [0.25, 0.3) is 5.82 Å². The first kappa shape index (κ1) is 18.2. The van der Waals surface area contributed by atoms with E-state index >= 15 is 0 Å². The third-order valence-corrected chi connectivity index (χ3v) is 4.21. The fraction of sp³-hybridized carbons (Fsp3) is 0.462. The summed E-state index contributed by atoms with van der Waals surface area (Å²) in [6, 6.07) is 3.20. The Morgan fingerprint density at radius 2 is 1.96 bits per heavy atom. The lowest BCUT2D eigenvalue weighted by molar-refractivity contribution is -0.141. The topological polar surface area (TPSA) is 89.8 Å². The Morgan fingerprint density at radius 1 is 1.29 bits per heavy atom. The molecule has 1 N–H and O–H groups in total. The molecule has 1 unspecified atom stereocenters. The summed E-state index contributed by atoms with van der Waals surface area (Å²) in [5.74, 6) is 0.0711. The fourth-order valence-corrected chi connectivity index (χ4v) is 2.28. The highest BCUT2D eigenvalue weighted by molar-refractivity contribution is 7.90. The van der Waals surface area contributed by atoms with Gasteiger partial charge in [-0.2, -0.15) is 23.0 Å². The van der Waals surface area contributed by atoms with Gasteiger partial charge in [-0.25, -0.2) is 8.42 Å². The predicted molar refractivity (Wildman–Crippen MR) is 80.6 cm³/mol. The summed E-state index contributed by atoms with van der Waals surface area (Å²) in [4.78, 5) is 0. The Labute approximate surface area is 136 Å². The van der Waals surface area contributed by atoms with E-state index in [0.717, 1.165) is 17.0 Å². The van der Waals surface area contributed by atoms with Crippen LogP contribution in [0.2, 0.25) is 0 Å². The van der Waals surface area contributed by atoms with E-state index in [0.29, 0.717) is 6.42 Å². The van der Waals surface area contributed by atoms with E-state index < -0.39 is 21.7 Å². The van der Waals surface area contributed by atoms with E-state index in [9.17, 15) is 21.6 Å². The highest BCUT2D eigenvalue weighted by Crippen LogP contribution is 2.31. The highest BCUT2D eigenvalue weighted by atomic mass is 32.2. The minimum absolute atomic E-state index is 0.0243. The van der Waals surface area contributed by atoms with E-state index in [4.69, 9.17) is 0 Å². The molecule has 0 amide bonds. The minimum atomic E-state index is -4.61. The lowest BCUT2D eigenvalue weighted by Crippen LogP contribution is -2.17. The number of halogens is 3. The van der Waals surface area contributed by atoms with Gasteiger partial charge in [0.25, 0.3) is 0 Å². The number of sulfone groups is 1. The molecule has 2 aromatic heterocycles. The van der Waals surface area contributed by atoms with E-state index in [1.807, 2.05) is 13.8 Å². The van der Waals surface area contributed by atoms with Crippen LogP contribution in [0.5, 0.6) is 0 Å². The SMILES string of the molecule is CCC(C)Nc1cc(C(F)(F)F)nn1-c1ccc(S(C)(=O)=O)nn1. The molecule has 11 heteroatoms. The first-order chi connectivity index (χ1) is 11.0. The van der Waals surface area contributed by atoms with Crippen molar-refractivity contribution >= 4 is 15.7 Å². The Morgan fingerprint density at radius 3 is 2.42 bits per heavy atom. The highest BCUT2D eigenvalue weighted by Gasteiger charge is 2.35. The molecule has 0 radical (unpaired) electrons. The Kier molecular flexibility index (Phi) is 4.83. The number of anilines is 1. The summed E-state index contributed by atoms with van der Waals surface area (Å²) in [5, 5.41) is 13.3. The van der Waals surface area contributed by atoms with Crippen LogP contribution in [0.15, 0.2) is 23.2 Å². The molecule has 2 rings (SSSR count). The molecule has 132 valence electrons. The maximum atomic E-state index is 12.9. The summed E-state index contributed by atoms with van der Waals surface area (Å²) in [7, 11) is -3.55. The van der Waals surface area contributed by atoms with Gasteiger partial charge >= 0.3 is 6.18 Å². The smallest absolute Gasteiger partial charge is 0.367 e. The average Bonchev–Trinajstić information content (AvgIpc) is 2.90. The molecule has 0 bridgehead atoms. The molecule has 0 aliphatic rings. The molecule has 0 fully saturated rings. The maximum absolute atomic E-state index is 12.9. The van der Waals surface area contributed by atoms with Gasteiger partial charge in [-0.05, 0) is 25.5 Å². The van der Waals surface area contributed by atoms with Crippen molar-refractivity contribution in [2.75, 3.05) is 11.6 Å². The van der Waals surface area contributed by atoms with Gasteiger partial charge in [0.1, 0.15) is 5.82 Å². The van der Waals surface area contributed by atoms with Gasteiger partial charge in [-0.3, -0.25) is 0 Å².